The maximum absolute atomic E-state index is 14.0. The van der Waals surface area contributed by atoms with Gasteiger partial charge in [0.25, 0.3) is 0 Å². The molecule has 0 aliphatic carbocycles. The van der Waals surface area contributed by atoms with Crippen molar-refractivity contribution < 1.29 is 33.3 Å². The Bertz CT molecular complexity index is 1700. The Morgan fingerprint density at radius 1 is 0.614 bits per heavy atom. The molecule has 5 aromatic carbocycles. The summed E-state index contributed by atoms with van der Waals surface area (Å²) in [6, 6.07) is 48.1. The maximum Gasteiger partial charge on any atom is 0.203 e. The number of benzene rings is 5. The van der Waals surface area contributed by atoms with E-state index in [0.29, 0.717) is 5.82 Å². The second kappa shape index (κ2) is 13.8. The number of nitrogens with zero attached hydrogens (tertiary/aromatic N) is 4. The second-order valence-electron chi connectivity index (χ2n) is 9.39. The lowest BCUT2D eigenvalue weighted by Crippen LogP contribution is -2.68. The molecule has 0 fully saturated rings. The van der Waals surface area contributed by atoms with Crippen molar-refractivity contribution in [3.8, 4) is 11.4 Å². The summed E-state index contributed by atoms with van der Waals surface area (Å²) in [5.41, 5.74) is 2.68. The topological polar surface area (TPSA) is 136 Å². The molecule has 6 rings (SSSR count). The van der Waals surface area contributed by atoms with Crippen LogP contribution in [0, 0.1) is 16.1 Å². The van der Waals surface area contributed by atoms with Crippen LogP contribution in [0.25, 0.3) is 22.9 Å². The minimum atomic E-state index is -4.94. The van der Waals surface area contributed by atoms with Gasteiger partial charge < -0.3 is 0 Å². The van der Waals surface area contributed by atoms with Crippen LogP contribution < -0.4 is 34.5 Å². The first-order chi connectivity index (χ1) is 21.3. The number of tetrazole rings is 1. The van der Waals surface area contributed by atoms with Crippen LogP contribution in [-0.2, 0) is 0 Å². The van der Waals surface area contributed by atoms with Crippen LogP contribution in [-0.4, -0.2) is 20.2 Å². The normalized spacial score (nSPS) is 11.9. The molecule has 8 nitrogen and oxygen atoms in total. The molecule has 0 amide bonds. The first-order valence-electron chi connectivity index (χ1n) is 13.3. The molecule has 0 spiro atoms. The monoisotopic (exact) mass is 626 g/mol. The summed E-state index contributed by atoms with van der Waals surface area (Å²) in [5, 5.41) is 16.7. The Morgan fingerprint density at radius 2 is 1.02 bits per heavy atom. The lowest BCUT2D eigenvalue weighted by atomic mass is 10.2. The maximum atomic E-state index is 14.0. The molecule has 0 unspecified atom stereocenters. The van der Waals surface area contributed by atoms with Gasteiger partial charge in [0.05, 0.1) is 0 Å². The molecule has 0 saturated heterocycles. The van der Waals surface area contributed by atoms with Crippen molar-refractivity contribution >= 4 is 34.7 Å². The number of hydrogen-bond donors (Lipinski definition) is 0. The van der Waals surface area contributed by atoms with Crippen LogP contribution in [0.2, 0.25) is 0 Å². The fraction of sp³-hybridized carbons (Fsp3) is 0. The van der Waals surface area contributed by atoms with E-state index in [1.54, 1.807) is 12.1 Å². The van der Waals surface area contributed by atoms with Gasteiger partial charge in [-0.05, 0) is 64.5 Å². The molecular weight excluding hydrogens is 602 g/mol. The van der Waals surface area contributed by atoms with E-state index in [4.69, 9.17) is 18.6 Å². The molecule has 0 aliphatic rings. The Hall–Kier alpha value is -4.60. The Balaban J connectivity index is 0.000000712. The molecule has 1 aromatic heterocycles. The van der Waals surface area contributed by atoms with Gasteiger partial charge in [0, 0.05) is 11.6 Å². The summed E-state index contributed by atoms with van der Waals surface area (Å²) >= 11 is 0. The third-order valence-corrected chi connectivity index (χ3v) is 10.9. The molecule has 11 heteroatoms. The first kappa shape index (κ1) is 30.8. The average molecular weight is 627 g/mol. The van der Waals surface area contributed by atoms with Gasteiger partial charge in [-0.15, -0.1) is 15.3 Å². The second-order valence-corrected chi connectivity index (χ2v) is 13.5. The van der Waals surface area contributed by atoms with E-state index in [1.165, 1.54) is 12.1 Å². The molecule has 0 aliphatic heterocycles. The number of halogens is 2. The molecule has 220 valence electrons. The minimum absolute atomic E-state index is 0.281. The highest BCUT2D eigenvalue weighted by Crippen LogP contribution is 2.65. The van der Waals surface area contributed by atoms with Gasteiger partial charge in [0.2, 0.25) is 5.44 Å². The van der Waals surface area contributed by atoms with E-state index in [9.17, 15) is 4.39 Å². The van der Waals surface area contributed by atoms with Gasteiger partial charge in [-0.3, -0.25) is 0 Å². The standard InChI is InChI=1S/C33H25FN4P.ClHO4/c34-28-23-21-26(22-24-28)25-32(38-33(35-36-37-38)27-13-5-1-6-14-27)39(29-15-7-2-8-16-29,30-17-9-3-10-18-30)31-19-11-4-12-20-31;2-1(3,4)5/h1-25H;(H,2,3,4,5)/q+1;/p-1/b32-25+;. The average Bonchev–Trinajstić information content (AvgIpc) is 3.53. The Kier molecular flexibility index (Phi) is 9.67. The molecule has 0 radical (unpaired) electrons. The zero-order chi connectivity index (χ0) is 31.0. The van der Waals surface area contributed by atoms with Crippen molar-refractivity contribution in [1.82, 2.24) is 20.2 Å². The highest BCUT2D eigenvalue weighted by molar-refractivity contribution is 8.03. The van der Waals surface area contributed by atoms with E-state index in [0.717, 1.165) is 32.5 Å². The van der Waals surface area contributed by atoms with Gasteiger partial charge in [0.1, 0.15) is 21.7 Å². The summed E-state index contributed by atoms with van der Waals surface area (Å²) in [6.45, 7) is 0. The van der Waals surface area contributed by atoms with Crippen LogP contribution in [0.3, 0.4) is 0 Å². The molecule has 0 N–H and O–H groups in total. The van der Waals surface area contributed by atoms with Gasteiger partial charge in [-0.1, -0.05) is 97.1 Å². The van der Waals surface area contributed by atoms with Crippen molar-refractivity contribution in [2.75, 3.05) is 0 Å². The number of aromatic nitrogens is 4. The highest BCUT2D eigenvalue weighted by Gasteiger charge is 2.52. The largest absolute Gasteiger partial charge is 0.222 e. The van der Waals surface area contributed by atoms with Crippen LogP contribution in [0.1, 0.15) is 5.56 Å². The van der Waals surface area contributed by atoms with E-state index in [1.807, 2.05) is 53.2 Å². The van der Waals surface area contributed by atoms with E-state index in [2.05, 4.69) is 94.4 Å². The lowest BCUT2D eigenvalue weighted by Gasteiger charge is -2.29. The van der Waals surface area contributed by atoms with Crippen molar-refractivity contribution in [3.63, 3.8) is 0 Å². The Labute approximate surface area is 256 Å². The van der Waals surface area contributed by atoms with Crippen LogP contribution in [0.15, 0.2) is 146 Å². The molecule has 0 bridgehead atoms. The minimum Gasteiger partial charge on any atom is -0.222 e. The molecular formula is C33H25ClFN4O4P. The van der Waals surface area contributed by atoms with Crippen LogP contribution in [0.4, 0.5) is 4.39 Å². The van der Waals surface area contributed by atoms with Crippen molar-refractivity contribution in [3.05, 3.63) is 157 Å². The van der Waals surface area contributed by atoms with Gasteiger partial charge in [-0.2, -0.15) is 4.68 Å². The quantitative estimate of drug-likeness (QED) is 0.246. The fourth-order valence-corrected chi connectivity index (χ4v) is 9.22. The number of rotatable bonds is 7. The summed E-state index contributed by atoms with van der Waals surface area (Å²) < 4.78 is 49.8. The van der Waals surface area contributed by atoms with E-state index < -0.39 is 17.5 Å². The summed E-state index contributed by atoms with van der Waals surface area (Å²) in [6.07, 6.45) is 2.10. The van der Waals surface area contributed by atoms with Crippen molar-refractivity contribution in [2.24, 2.45) is 0 Å². The third-order valence-electron chi connectivity index (χ3n) is 6.66. The molecule has 0 saturated carbocycles. The lowest BCUT2D eigenvalue weighted by molar-refractivity contribution is -2.00. The zero-order valence-corrected chi connectivity index (χ0v) is 24.7. The summed E-state index contributed by atoms with van der Waals surface area (Å²) in [4.78, 5) is 0. The molecule has 44 heavy (non-hydrogen) atoms. The van der Waals surface area contributed by atoms with Crippen LogP contribution in [0.5, 0.6) is 0 Å². The number of hydrogen-bond acceptors (Lipinski definition) is 7. The van der Waals surface area contributed by atoms with Gasteiger partial charge >= 0.3 is 0 Å². The van der Waals surface area contributed by atoms with E-state index >= 15 is 0 Å². The van der Waals surface area contributed by atoms with Crippen molar-refractivity contribution in [2.45, 2.75) is 0 Å². The fourth-order valence-electron chi connectivity index (χ4n) is 4.92. The third kappa shape index (κ3) is 7.12. The predicted octanol–water partition coefficient (Wildman–Crippen LogP) is 1.67. The highest BCUT2D eigenvalue weighted by atomic mass is 35.7. The molecule has 0 atom stereocenters. The smallest absolute Gasteiger partial charge is 0.203 e. The first-order valence-corrected chi connectivity index (χ1v) is 16.3. The van der Waals surface area contributed by atoms with Gasteiger partial charge in [-0.25, -0.2) is 23.0 Å². The SMILES string of the molecule is Fc1ccc(/C=C(\n2nnnc2-c2ccccc2)[P+](c2ccccc2)(c2ccccc2)c2ccccc2)cc1.[O-][Cl+3]([O-])([O-])[O-]. The van der Waals surface area contributed by atoms with Crippen LogP contribution >= 0.6 is 7.26 Å². The zero-order valence-electron chi connectivity index (χ0n) is 23.1. The van der Waals surface area contributed by atoms with Crippen molar-refractivity contribution in [1.29, 1.82) is 0 Å². The Morgan fingerprint density at radius 3 is 1.45 bits per heavy atom. The summed E-state index contributed by atoms with van der Waals surface area (Å²) in [7, 11) is -7.53. The predicted molar refractivity (Wildman–Crippen MR) is 159 cm³/mol. The molecule has 1 heterocycles. The summed E-state index contributed by atoms with van der Waals surface area (Å²) in [5.74, 6) is 0.354. The van der Waals surface area contributed by atoms with E-state index in [-0.39, 0.29) is 5.82 Å². The van der Waals surface area contributed by atoms with Gasteiger partial charge in [0.15, 0.2) is 13.1 Å². The molecule has 6 aromatic rings.